The van der Waals surface area contributed by atoms with Crippen LogP contribution in [0, 0.1) is 0 Å². The molecule has 0 saturated heterocycles. The molecule has 0 bridgehead atoms. The van der Waals surface area contributed by atoms with Gasteiger partial charge in [-0.25, -0.2) is 8.78 Å². The van der Waals surface area contributed by atoms with E-state index in [1.54, 1.807) is 0 Å². The molecule has 0 aromatic carbocycles. The molecule has 0 aliphatic rings. The van der Waals surface area contributed by atoms with Crippen LogP contribution >= 0.6 is 0 Å². The summed E-state index contributed by atoms with van der Waals surface area (Å²) in [5.74, 6) is -2.57. The lowest BCUT2D eigenvalue weighted by Crippen LogP contribution is -2.19. The van der Waals surface area contributed by atoms with E-state index in [0.717, 1.165) is 0 Å². The van der Waals surface area contributed by atoms with E-state index in [1.165, 1.54) is 0 Å². The minimum absolute atomic E-state index is 0.451. The van der Waals surface area contributed by atoms with E-state index < -0.39 is 47.9 Å². The highest BCUT2D eigenvalue weighted by atomic mass is 19.4. The third-order valence-corrected chi connectivity index (χ3v) is 1.97. The second kappa shape index (κ2) is 5.24. The molecule has 5 nitrogen and oxygen atoms in total. The Kier molecular flexibility index (Phi) is 4.12. The van der Waals surface area contributed by atoms with Crippen LogP contribution in [-0.2, 0) is 11.2 Å². The molecule has 0 radical (unpaired) electrons. The van der Waals surface area contributed by atoms with Crippen LogP contribution in [0.3, 0.4) is 0 Å². The maximum atomic E-state index is 12.7. The summed E-state index contributed by atoms with van der Waals surface area (Å²) < 4.78 is 64.8. The number of aliphatic carboxylic acids is 1. The quantitative estimate of drug-likeness (QED) is 0.828. The Bertz CT molecular complexity index is 489. The van der Waals surface area contributed by atoms with Crippen LogP contribution in [0.4, 0.5) is 27.6 Å². The van der Waals surface area contributed by atoms with Crippen LogP contribution in [0.1, 0.15) is 17.7 Å². The second-order valence-electron chi connectivity index (χ2n) is 3.32. The van der Waals surface area contributed by atoms with Crippen LogP contribution in [0.5, 0.6) is 5.75 Å². The number of rotatable bonds is 4. The van der Waals surface area contributed by atoms with Gasteiger partial charge < -0.3 is 15.6 Å². The number of anilines is 1. The third-order valence-electron chi connectivity index (χ3n) is 1.97. The molecular formula is C9H7F5N2O3. The van der Waals surface area contributed by atoms with Gasteiger partial charge in [0, 0.05) is 0 Å². The molecule has 0 unspecified atom stereocenters. The first-order chi connectivity index (χ1) is 8.61. The van der Waals surface area contributed by atoms with Crippen molar-refractivity contribution in [3.63, 3.8) is 0 Å². The predicted molar refractivity (Wildman–Crippen MR) is 51.6 cm³/mol. The van der Waals surface area contributed by atoms with Crippen LogP contribution in [0.25, 0.3) is 0 Å². The summed E-state index contributed by atoms with van der Waals surface area (Å²) in [6.45, 7) is 0. The SMILES string of the molecule is Nc1c(OC(F)(F)F)cnc(CC(=O)O)c1C(F)F. The number of nitrogens with two attached hydrogens (primary N) is 1. The average molecular weight is 286 g/mol. The highest BCUT2D eigenvalue weighted by Crippen LogP contribution is 2.36. The molecule has 1 rings (SSSR count). The molecule has 0 fully saturated rings. The summed E-state index contributed by atoms with van der Waals surface area (Å²) in [5.41, 5.74) is 2.45. The van der Waals surface area contributed by atoms with Crippen molar-refractivity contribution in [1.29, 1.82) is 0 Å². The zero-order chi connectivity index (χ0) is 14.8. The number of pyridine rings is 1. The maximum absolute atomic E-state index is 12.7. The smallest absolute Gasteiger partial charge is 0.481 e. The molecule has 0 spiro atoms. The summed E-state index contributed by atoms with van der Waals surface area (Å²) in [4.78, 5) is 13.7. The van der Waals surface area contributed by atoms with Gasteiger partial charge in [-0.1, -0.05) is 0 Å². The number of carboxylic acids is 1. The van der Waals surface area contributed by atoms with Gasteiger partial charge in [0.15, 0.2) is 5.75 Å². The number of carboxylic acid groups (broad SMARTS) is 1. The van der Waals surface area contributed by atoms with Crippen molar-refractivity contribution in [2.45, 2.75) is 19.2 Å². The third kappa shape index (κ3) is 3.93. The molecule has 1 aromatic heterocycles. The number of alkyl halides is 5. The molecule has 0 saturated carbocycles. The Labute approximate surface area is 102 Å². The average Bonchev–Trinajstić information content (AvgIpc) is 2.19. The normalized spacial score (nSPS) is 11.7. The zero-order valence-corrected chi connectivity index (χ0v) is 9.04. The molecular weight excluding hydrogens is 279 g/mol. The van der Waals surface area contributed by atoms with Gasteiger partial charge in [-0.15, -0.1) is 13.2 Å². The molecule has 0 amide bonds. The topological polar surface area (TPSA) is 85.4 Å². The number of ether oxygens (including phenoxy) is 1. The van der Waals surface area contributed by atoms with Crippen molar-refractivity contribution in [1.82, 2.24) is 4.98 Å². The molecule has 10 heteroatoms. The predicted octanol–water partition coefficient (Wildman–Crippen LogP) is 2.13. The van der Waals surface area contributed by atoms with Gasteiger partial charge in [-0.05, 0) is 0 Å². The van der Waals surface area contributed by atoms with Crippen LogP contribution < -0.4 is 10.5 Å². The van der Waals surface area contributed by atoms with Gasteiger partial charge in [0.1, 0.15) is 0 Å². The molecule has 19 heavy (non-hydrogen) atoms. The Hall–Kier alpha value is -2.13. The minimum atomic E-state index is -5.12. The summed E-state index contributed by atoms with van der Waals surface area (Å²) in [7, 11) is 0. The molecule has 0 atom stereocenters. The van der Waals surface area contributed by atoms with E-state index in [-0.39, 0.29) is 0 Å². The number of hydrogen-bond donors (Lipinski definition) is 2. The van der Waals surface area contributed by atoms with Crippen LogP contribution in [0.2, 0.25) is 0 Å². The van der Waals surface area contributed by atoms with Gasteiger partial charge in [0.2, 0.25) is 0 Å². The summed E-state index contributed by atoms with van der Waals surface area (Å²) >= 11 is 0. The van der Waals surface area contributed by atoms with E-state index in [1.807, 2.05) is 0 Å². The molecule has 0 aliphatic heterocycles. The lowest BCUT2D eigenvalue weighted by molar-refractivity contribution is -0.274. The minimum Gasteiger partial charge on any atom is -0.481 e. The van der Waals surface area contributed by atoms with Crippen molar-refractivity contribution in [2.24, 2.45) is 0 Å². The van der Waals surface area contributed by atoms with Crippen LogP contribution in [-0.4, -0.2) is 22.4 Å². The highest BCUT2D eigenvalue weighted by Gasteiger charge is 2.34. The zero-order valence-electron chi connectivity index (χ0n) is 9.04. The second-order valence-corrected chi connectivity index (χ2v) is 3.32. The maximum Gasteiger partial charge on any atom is 0.573 e. The number of carbonyl (C=O) groups is 1. The van der Waals surface area contributed by atoms with Gasteiger partial charge in [-0.3, -0.25) is 9.78 Å². The van der Waals surface area contributed by atoms with Gasteiger partial charge in [0.05, 0.1) is 29.6 Å². The van der Waals surface area contributed by atoms with Gasteiger partial charge in [-0.2, -0.15) is 0 Å². The first-order valence-corrected chi connectivity index (χ1v) is 4.64. The molecule has 0 aliphatic carbocycles. The Morgan fingerprint density at radius 3 is 2.47 bits per heavy atom. The van der Waals surface area contributed by atoms with Crippen molar-refractivity contribution < 1.29 is 36.6 Å². The fraction of sp³-hybridized carbons (Fsp3) is 0.333. The van der Waals surface area contributed by atoms with Gasteiger partial charge >= 0.3 is 12.3 Å². The van der Waals surface area contributed by atoms with Crippen molar-refractivity contribution in [2.75, 3.05) is 5.73 Å². The van der Waals surface area contributed by atoms with E-state index in [2.05, 4.69) is 9.72 Å². The Morgan fingerprint density at radius 2 is 2.05 bits per heavy atom. The molecule has 1 aromatic rings. The van der Waals surface area contributed by atoms with E-state index in [4.69, 9.17) is 10.8 Å². The number of halogens is 5. The van der Waals surface area contributed by atoms with Crippen molar-refractivity contribution >= 4 is 11.7 Å². The summed E-state index contributed by atoms with van der Waals surface area (Å²) in [6.07, 6.45) is -8.84. The lowest BCUT2D eigenvalue weighted by atomic mass is 10.1. The fourth-order valence-corrected chi connectivity index (χ4v) is 1.30. The Morgan fingerprint density at radius 1 is 1.47 bits per heavy atom. The van der Waals surface area contributed by atoms with Gasteiger partial charge in [0.25, 0.3) is 6.43 Å². The molecule has 3 N–H and O–H groups in total. The van der Waals surface area contributed by atoms with Crippen molar-refractivity contribution in [3.8, 4) is 5.75 Å². The highest BCUT2D eigenvalue weighted by molar-refractivity contribution is 5.72. The number of nitrogens with zero attached hydrogens (tertiary/aromatic N) is 1. The van der Waals surface area contributed by atoms with E-state index >= 15 is 0 Å². The lowest BCUT2D eigenvalue weighted by Gasteiger charge is -2.15. The van der Waals surface area contributed by atoms with Crippen LogP contribution in [0.15, 0.2) is 6.20 Å². The first-order valence-electron chi connectivity index (χ1n) is 4.64. The van der Waals surface area contributed by atoms with E-state index in [9.17, 15) is 26.7 Å². The van der Waals surface area contributed by atoms with Crippen molar-refractivity contribution in [3.05, 3.63) is 17.5 Å². The summed E-state index contributed by atoms with van der Waals surface area (Å²) in [6, 6.07) is 0. The largest absolute Gasteiger partial charge is 0.573 e. The standard InChI is InChI=1S/C9H7F5N2O3/c10-8(11)6-3(1-5(17)18)16-2-4(7(6)15)19-9(12,13)14/h2,8H,1H2,(H2,15,16)(H,17,18). The number of aromatic nitrogens is 1. The molecule has 106 valence electrons. The number of nitrogen functional groups attached to an aromatic ring is 1. The number of hydrogen-bond acceptors (Lipinski definition) is 4. The Balaban J connectivity index is 3.27. The first kappa shape index (κ1) is 14.9. The molecule has 1 heterocycles. The fourth-order valence-electron chi connectivity index (χ4n) is 1.30. The summed E-state index contributed by atoms with van der Waals surface area (Å²) in [5, 5.41) is 8.48. The monoisotopic (exact) mass is 286 g/mol. The van der Waals surface area contributed by atoms with E-state index in [0.29, 0.717) is 6.20 Å².